The van der Waals surface area contributed by atoms with Gasteiger partial charge in [0.15, 0.2) is 0 Å². The molecule has 190 valence electrons. The lowest BCUT2D eigenvalue weighted by atomic mass is 9.92. The fourth-order valence-corrected chi connectivity index (χ4v) is 4.55. The lowest BCUT2D eigenvalue weighted by Crippen LogP contribution is -2.07. The molecule has 0 aliphatic rings. The highest BCUT2D eigenvalue weighted by molar-refractivity contribution is 5.86. The Kier molecular flexibility index (Phi) is 10.5. The highest BCUT2D eigenvalue weighted by atomic mass is 16.5. The fourth-order valence-electron chi connectivity index (χ4n) is 4.55. The average Bonchev–Trinajstić information content (AvgIpc) is 2.88. The third kappa shape index (κ3) is 7.66. The van der Waals surface area contributed by atoms with Crippen molar-refractivity contribution in [3.05, 3.63) is 95.1 Å². The first-order valence-electron chi connectivity index (χ1n) is 13.2. The van der Waals surface area contributed by atoms with E-state index in [0.29, 0.717) is 18.6 Å². The van der Waals surface area contributed by atoms with E-state index in [2.05, 4.69) is 81.1 Å². The van der Waals surface area contributed by atoms with Crippen LogP contribution in [0.15, 0.2) is 72.8 Å². The van der Waals surface area contributed by atoms with E-state index < -0.39 is 0 Å². The third-order valence-electron chi connectivity index (χ3n) is 6.65. The molecule has 3 rings (SSSR count). The molecule has 0 aliphatic carbocycles. The number of unbranched alkanes of at least 4 members (excludes halogenated alkanes) is 2. The first-order valence-corrected chi connectivity index (χ1v) is 13.2. The van der Waals surface area contributed by atoms with Gasteiger partial charge in [-0.1, -0.05) is 87.0 Å². The minimum atomic E-state index is -0.346. The van der Waals surface area contributed by atoms with Crippen molar-refractivity contribution in [3.63, 3.8) is 0 Å². The largest absolute Gasteiger partial charge is 0.462 e. The minimum Gasteiger partial charge on any atom is -0.462 e. The van der Waals surface area contributed by atoms with Gasteiger partial charge >= 0.3 is 5.97 Å². The molecule has 0 aromatic heterocycles. The zero-order chi connectivity index (χ0) is 25.9. The lowest BCUT2D eigenvalue weighted by molar-refractivity contribution is -0.139. The van der Waals surface area contributed by atoms with Crippen LogP contribution in [0, 0.1) is 6.92 Å². The van der Waals surface area contributed by atoms with Crippen LogP contribution in [0.5, 0.6) is 0 Å². The first kappa shape index (κ1) is 27.4. The number of rotatable bonds is 13. The Labute approximate surface area is 216 Å². The van der Waals surface area contributed by atoms with Gasteiger partial charge in [0.05, 0.1) is 6.61 Å². The van der Waals surface area contributed by atoms with Crippen LogP contribution in [0.4, 0.5) is 0 Å². The number of hydrogen-bond donors (Lipinski definition) is 1. The van der Waals surface area contributed by atoms with Crippen molar-refractivity contribution in [2.75, 3.05) is 13.2 Å². The molecule has 0 spiro atoms. The number of benzene rings is 3. The quantitative estimate of drug-likeness (QED) is 0.154. The van der Waals surface area contributed by atoms with E-state index in [1.165, 1.54) is 52.6 Å². The zero-order valence-corrected chi connectivity index (χ0v) is 22.1. The number of carbonyl (C=O) groups is 1. The highest BCUT2D eigenvalue weighted by Crippen LogP contribution is 2.30. The number of hydrogen-bond acceptors (Lipinski definition) is 3. The molecule has 0 unspecified atom stereocenters. The molecule has 1 N–H and O–H groups in total. The molecule has 0 saturated heterocycles. The van der Waals surface area contributed by atoms with Crippen LogP contribution in [0.2, 0.25) is 0 Å². The van der Waals surface area contributed by atoms with E-state index in [9.17, 15) is 9.90 Å². The van der Waals surface area contributed by atoms with Crippen LogP contribution in [0.3, 0.4) is 0 Å². The molecule has 3 nitrogen and oxygen atoms in total. The average molecular weight is 485 g/mol. The van der Waals surface area contributed by atoms with Crippen molar-refractivity contribution < 1.29 is 14.6 Å². The summed E-state index contributed by atoms with van der Waals surface area (Å²) < 4.78 is 5.25. The summed E-state index contributed by atoms with van der Waals surface area (Å²) >= 11 is 0. The van der Waals surface area contributed by atoms with Gasteiger partial charge in [-0.05, 0) is 90.5 Å². The normalized spacial score (nSPS) is 10.9. The molecule has 3 heteroatoms. The van der Waals surface area contributed by atoms with Crippen molar-refractivity contribution in [2.24, 2.45) is 0 Å². The standard InChI is InChI=1S/C33H40O3/c1-5-6-7-9-26-11-13-28(14-12-26)32-18-17-30(22-25(32)4)31-16-15-27(19-20-34)29(23-31)10-8-21-36-33(35)24(2)3/h11-18,22-23,34H,2,5-10,19-21H2,1,3-4H3. The summed E-state index contributed by atoms with van der Waals surface area (Å²) in [6.07, 6.45) is 7.07. The monoisotopic (exact) mass is 484 g/mol. The topological polar surface area (TPSA) is 46.5 Å². The van der Waals surface area contributed by atoms with E-state index in [0.717, 1.165) is 30.4 Å². The summed E-state index contributed by atoms with van der Waals surface area (Å²) in [6.45, 7) is 10.2. The van der Waals surface area contributed by atoms with Crippen LogP contribution < -0.4 is 0 Å². The Balaban J connectivity index is 1.75. The van der Waals surface area contributed by atoms with Crippen molar-refractivity contribution in [1.82, 2.24) is 0 Å². The molecule has 0 fully saturated rings. The number of ether oxygens (including phenoxy) is 1. The van der Waals surface area contributed by atoms with Gasteiger partial charge in [-0.15, -0.1) is 0 Å². The zero-order valence-electron chi connectivity index (χ0n) is 22.1. The Morgan fingerprint density at radius 2 is 1.53 bits per heavy atom. The minimum absolute atomic E-state index is 0.113. The molecule has 0 aliphatic heterocycles. The molecule has 36 heavy (non-hydrogen) atoms. The molecule has 3 aromatic carbocycles. The molecule has 3 aromatic rings. The van der Waals surface area contributed by atoms with Crippen LogP contribution in [0.1, 0.15) is 61.8 Å². The van der Waals surface area contributed by atoms with E-state index in [4.69, 9.17) is 4.74 Å². The van der Waals surface area contributed by atoms with Gasteiger partial charge in [0, 0.05) is 12.2 Å². The van der Waals surface area contributed by atoms with Crippen molar-refractivity contribution in [1.29, 1.82) is 0 Å². The second kappa shape index (κ2) is 13.8. The van der Waals surface area contributed by atoms with E-state index in [1.54, 1.807) is 6.92 Å². The Morgan fingerprint density at radius 3 is 2.19 bits per heavy atom. The number of aryl methyl sites for hydroxylation is 3. The number of aliphatic hydroxyl groups is 1. The van der Waals surface area contributed by atoms with E-state index >= 15 is 0 Å². The second-order valence-electron chi connectivity index (χ2n) is 9.66. The SMILES string of the molecule is C=C(C)C(=O)OCCCc1cc(-c2ccc(-c3ccc(CCCCC)cc3)c(C)c2)ccc1CCO. The molecule has 0 atom stereocenters. The van der Waals surface area contributed by atoms with Gasteiger partial charge in [-0.2, -0.15) is 0 Å². The van der Waals surface area contributed by atoms with Gasteiger partial charge < -0.3 is 9.84 Å². The van der Waals surface area contributed by atoms with Crippen LogP contribution >= 0.6 is 0 Å². The summed E-state index contributed by atoms with van der Waals surface area (Å²) in [5, 5.41) is 9.50. The number of aliphatic hydroxyl groups excluding tert-OH is 1. The molecular formula is C33H40O3. The molecular weight excluding hydrogens is 444 g/mol. The molecule has 0 bridgehead atoms. The molecule has 0 saturated carbocycles. The highest BCUT2D eigenvalue weighted by Gasteiger charge is 2.10. The lowest BCUT2D eigenvalue weighted by Gasteiger charge is -2.14. The first-order chi connectivity index (χ1) is 17.4. The van der Waals surface area contributed by atoms with Crippen molar-refractivity contribution in [3.8, 4) is 22.3 Å². The predicted octanol–water partition coefficient (Wildman–Crippen LogP) is 7.65. The summed E-state index contributed by atoms with van der Waals surface area (Å²) in [5.74, 6) is -0.346. The van der Waals surface area contributed by atoms with Crippen LogP contribution in [0.25, 0.3) is 22.3 Å². The van der Waals surface area contributed by atoms with Gasteiger partial charge in [0.2, 0.25) is 0 Å². The van der Waals surface area contributed by atoms with Crippen molar-refractivity contribution >= 4 is 5.97 Å². The maximum atomic E-state index is 11.6. The second-order valence-corrected chi connectivity index (χ2v) is 9.66. The Morgan fingerprint density at radius 1 is 0.833 bits per heavy atom. The van der Waals surface area contributed by atoms with Gasteiger partial charge in [-0.3, -0.25) is 0 Å². The smallest absolute Gasteiger partial charge is 0.333 e. The predicted molar refractivity (Wildman–Crippen MR) is 150 cm³/mol. The Bertz CT molecular complexity index is 1160. The summed E-state index contributed by atoms with van der Waals surface area (Å²) in [5.41, 5.74) is 10.2. The summed E-state index contributed by atoms with van der Waals surface area (Å²) in [6, 6.07) is 22.1. The Hall–Kier alpha value is -3.17. The van der Waals surface area contributed by atoms with Gasteiger partial charge in [0.25, 0.3) is 0 Å². The van der Waals surface area contributed by atoms with Crippen LogP contribution in [-0.2, 0) is 28.8 Å². The summed E-state index contributed by atoms with van der Waals surface area (Å²) in [4.78, 5) is 11.6. The molecule has 0 radical (unpaired) electrons. The van der Waals surface area contributed by atoms with Gasteiger partial charge in [0.1, 0.15) is 0 Å². The third-order valence-corrected chi connectivity index (χ3v) is 6.65. The molecule has 0 heterocycles. The van der Waals surface area contributed by atoms with Gasteiger partial charge in [-0.25, -0.2) is 4.79 Å². The van der Waals surface area contributed by atoms with Crippen molar-refractivity contribution in [2.45, 2.75) is 65.7 Å². The number of carbonyl (C=O) groups excluding carboxylic acids is 1. The van der Waals surface area contributed by atoms with E-state index in [-0.39, 0.29) is 12.6 Å². The fraction of sp³-hybridized carbons (Fsp3) is 0.364. The maximum absolute atomic E-state index is 11.6. The molecule has 0 amide bonds. The summed E-state index contributed by atoms with van der Waals surface area (Å²) in [7, 11) is 0. The number of esters is 1. The van der Waals surface area contributed by atoms with Crippen LogP contribution in [-0.4, -0.2) is 24.3 Å². The van der Waals surface area contributed by atoms with E-state index in [1.807, 2.05) is 0 Å². The maximum Gasteiger partial charge on any atom is 0.333 e.